The second-order valence-electron chi connectivity index (χ2n) is 12.5. The molecule has 0 radical (unpaired) electrons. The number of halogens is 2. The number of ether oxygens (including phenoxy) is 1. The minimum atomic E-state index is -4.35. The first-order chi connectivity index (χ1) is 24.5. The Kier molecular flexibility index (Phi) is 12.7. The summed E-state index contributed by atoms with van der Waals surface area (Å²) >= 11 is 0. The number of esters is 1. The number of nitrogens with one attached hydrogen (secondary N) is 2. The Morgan fingerprint density at radius 2 is 1.48 bits per heavy atom. The molecule has 0 aliphatic heterocycles. The molecule has 2 N–H and O–H groups in total. The Balaban J connectivity index is 1.52. The average Bonchev–Trinajstić information content (AvgIpc) is 3.08. The molecule has 0 saturated carbocycles. The smallest absolute Gasteiger partial charge is 0.335 e. The predicted octanol–water partition coefficient (Wildman–Crippen LogP) is 4.92. The number of nitrogens with zero attached hydrogens (tertiary/aromatic N) is 2. The maximum absolute atomic E-state index is 15.3. The van der Waals surface area contributed by atoms with E-state index in [9.17, 15) is 32.4 Å². The van der Waals surface area contributed by atoms with Gasteiger partial charge in [-0.2, -0.15) is 0 Å². The Labute approximate surface area is 299 Å². The molecule has 4 rings (SSSR count). The first-order valence-corrected chi connectivity index (χ1v) is 18.1. The van der Waals surface area contributed by atoms with Gasteiger partial charge in [0.2, 0.25) is 0 Å². The van der Waals surface area contributed by atoms with E-state index in [1.807, 2.05) is 13.8 Å². The highest BCUT2D eigenvalue weighted by atomic mass is 32.2. The fourth-order valence-electron chi connectivity index (χ4n) is 5.40. The minimum absolute atomic E-state index is 0.129. The number of carbonyl (C=O) groups is 3. The number of rotatable bonds is 15. The quantitative estimate of drug-likeness (QED) is 0.128. The maximum Gasteiger partial charge on any atom is 0.335 e. The Morgan fingerprint density at radius 1 is 0.885 bits per heavy atom. The van der Waals surface area contributed by atoms with Crippen molar-refractivity contribution in [2.45, 2.75) is 70.4 Å². The van der Waals surface area contributed by atoms with Gasteiger partial charge in [0, 0.05) is 37.7 Å². The van der Waals surface area contributed by atoms with E-state index in [2.05, 4.69) is 10.0 Å². The van der Waals surface area contributed by atoms with Crippen LogP contribution in [0.2, 0.25) is 0 Å². The number of hydrogen-bond acceptors (Lipinski definition) is 8. The van der Waals surface area contributed by atoms with Gasteiger partial charge in [0.15, 0.2) is 5.78 Å². The highest BCUT2D eigenvalue weighted by Gasteiger charge is 2.28. The van der Waals surface area contributed by atoms with Gasteiger partial charge in [0.05, 0.1) is 22.4 Å². The van der Waals surface area contributed by atoms with Gasteiger partial charge in [-0.3, -0.25) is 19.1 Å². The first-order valence-electron chi connectivity index (χ1n) is 16.6. The van der Waals surface area contributed by atoms with Crippen LogP contribution in [0.1, 0.15) is 73.2 Å². The average molecular weight is 739 g/mol. The zero-order valence-electron chi connectivity index (χ0n) is 29.3. The SMILES string of the molecule is CCC(CC)CC(=O)c1ccc(S(=O)(=O)Nc2cc(F)c(C(=O)N[C@@H](Cc3ccc(-n4c(=O)ccn(C)c4=O)cc3)C(=O)OC(C)C)c(F)c2)cc1. The van der Waals surface area contributed by atoms with Crippen molar-refractivity contribution in [2.24, 2.45) is 13.0 Å². The molecule has 0 bridgehead atoms. The lowest BCUT2D eigenvalue weighted by atomic mass is 9.94. The predicted molar refractivity (Wildman–Crippen MR) is 190 cm³/mol. The summed E-state index contributed by atoms with van der Waals surface area (Å²) in [6.07, 6.45) is 2.53. The summed E-state index contributed by atoms with van der Waals surface area (Å²) in [6, 6.07) is 12.2. The zero-order chi connectivity index (χ0) is 38.3. The van der Waals surface area contributed by atoms with Crippen LogP contribution in [0.15, 0.2) is 87.4 Å². The molecular formula is C37H40F2N4O8S. The van der Waals surface area contributed by atoms with Crippen molar-refractivity contribution < 1.29 is 36.3 Å². The summed E-state index contributed by atoms with van der Waals surface area (Å²) < 4.78 is 66.1. The molecule has 1 heterocycles. The van der Waals surface area contributed by atoms with Crippen LogP contribution in [0.5, 0.6) is 0 Å². The molecule has 0 saturated heterocycles. The molecule has 1 atom stereocenters. The van der Waals surface area contributed by atoms with Crippen molar-refractivity contribution in [2.75, 3.05) is 4.72 Å². The normalized spacial score (nSPS) is 12.1. The van der Waals surface area contributed by atoms with E-state index < -0.39 is 68.2 Å². The van der Waals surface area contributed by atoms with Crippen LogP contribution in [0.25, 0.3) is 5.69 Å². The maximum atomic E-state index is 15.3. The van der Waals surface area contributed by atoms with Crippen molar-refractivity contribution in [3.05, 3.63) is 122 Å². The van der Waals surface area contributed by atoms with E-state index in [1.54, 1.807) is 13.8 Å². The van der Waals surface area contributed by atoms with Crippen molar-refractivity contribution in [1.29, 1.82) is 0 Å². The van der Waals surface area contributed by atoms with E-state index in [1.165, 1.54) is 72.4 Å². The van der Waals surface area contributed by atoms with E-state index >= 15 is 8.78 Å². The molecule has 52 heavy (non-hydrogen) atoms. The molecule has 276 valence electrons. The lowest BCUT2D eigenvalue weighted by Gasteiger charge is -2.20. The van der Waals surface area contributed by atoms with Crippen molar-refractivity contribution in [3.8, 4) is 5.69 Å². The molecule has 12 nitrogen and oxygen atoms in total. The van der Waals surface area contributed by atoms with Crippen LogP contribution < -0.4 is 21.3 Å². The molecule has 1 aromatic heterocycles. The molecule has 0 spiro atoms. The molecule has 0 unspecified atom stereocenters. The Bertz CT molecular complexity index is 2150. The van der Waals surface area contributed by atoms with Gasteiger partial charge in [-0.15, -0.1) is 0 Å². The van der Waals surface area contributed by atoms with Crippen LogP contribution in [-0.4, -0.2) is 47.4 Å². The third-order valence-corrected chi connectivity index (χ3v) is 9.76. The molecule has 1 amide bonds. The van der Waals surface area contributed by atoms with Gasteiger partial charge in [0.25, 0.3) is 21.5 Å². The molecule has 15 heteroatoms. The van der Waals surface area contributed by atoms with Crippen molar-refractivity contribution in [3.63, 3.8) is 0 Å². The first kappa shape index (κ1) is 39.3. The van der Waals surface area contributed by atoms with Gasteiger partial charge in [-0.25, -0.2) is 31.4 Å². The standard InChI is InChI=1S/C37H40F2N4O8S/c1-6-23(7-2)19-32(44)25-10-14-28(15-11-25)52(49,50)41-26-20-29(38)34(30(39)21-26)35(46)40-31(36(47)51-22(3)4)18-24-8-12-27(13-9-24)43-33(45)16-17-42(5)37(43)48/h8-17,20-23,31,41H,6-7,18-19H2,1-5H3,(H,40,46)/t31-/m0/s1. The van der Waals surface area contributed by atoms with Gasteiger partial charge in [0.1, 0.15) is 23.2 Å². The number of ketones is 1. The van der Waals surface area contributed by atoms with Crippen LogP contribution in [0, 0.1) is 17.6 Å². The van der Waals surface area contributed by atoms with E-state index in [0.29, 0.717) is 29.7 Å². The highest BCUT2D eigenvalue weighted by molar-refractivity contribution is 7.92. The number of anilines is 1. The van der Waals surface area contributed by atoms with Crippen LogP contribution in [-0.2, 0) is 33.0 Å². The topological polar surface area (TPSA) is 163 Å². The van der Waals surface area contributed by atoms with Crippen LogP contribution >= 0.6 is 0 Å². The summed E-state index contributed by atoms with van der Waals surface area (Å²) in [5, 5.41) is 2.30. The largest absolute Gasteiger partial charge is 0.461 e. The second-order valence-corrected chi connectivity index (χ2v) is 14.2. The van der Waals surface area contributed by atoms with Crippen molar-refractivity contribution in [1.82, 2.24) is 14.5 Å². The molecule has 4 aromatic rings. The Hall–Kier alpha value is -5.44. The van der Waals surface area contributed by atoms with Crippen LogP contribution in [0.3, 0.4) is 0 Å². The Morgan fingerprint density at radius 3 is 2.04 bits per heavy atom. The van der Waals surface area contributed by atoms with Crippen LogP contribution in [0.4, 0.5) is 14.5 Å². The number of sulfonamides is 1. The molecule has 0 aliphatic carbocycles. The highest BCUT2D eigenvalue weighted by Crippen LogP contribution is 2.24. The molecule has 3 aromatic carbocycles. The third kappa shape index (κ3) is 9.46. The zero-order valence-corrected chi connectivity index (χ0v) is 30.1. The number of hydrogen-bond donors (Lipinski definition) is 2. The summed E-state index contributed by atoms with van der Waals surface area (Å²) in [4.78, 5) is 63.3. The summed E-state index contributed by atoms with van der Waals surface area (Å²) in [5.74, 6) is -4.94. The number of aryl methyl sites for hydroxylation is 1. The fraction of sp³-hybridized carbons (Fsp3) is 0.324. The van der Waals surface area contributed by atoms with Crippen molar-refractivity contribution >= 4 is 33.4 Å². The number of aromatic nitrogens is 2. The van der Waals surface area contributed by atoms with E-state index in [-0.39, 0.29) is 28.7 Å². The van der Waals surface area contributed by atoms with Gasteiger partial charge < -0.3 is 14.6 Å². The fourth-order valence-corrected chi connectivity index (χ4v) is 6.44. The molecular weight excluding hydrogens is 698 g/mol. The van der Waals surface area contributed by atoms with E-state index in [4.69, 9.17) is 4.74 Å². The lowest BCUT2D eigenvalue weighted by Crippen LogP contribution is -2.44. The summed E-state index contributed by atoms with van der Waals surface area (Å²) in [5.41, 5.74) is -1.68. The van der Waals surface area contributed by atoms with Gasteiger partial charge >= 0.3 is 11.7 Å². The monoisotopic (exact) mass is 738 g/mol. The molecule has 0 fully saturated rings. The number of carbonyl (C=O) groups excluding carboxylic acids is 3. The minimum Gasteiger partial charge on any atom is -0.461 e. The number of Topliss-reactive ketones (excluding diaryl/α,β-unsaturated/α-hetero) is 1. The van der Waals surface area contributed by atoms with Gasteiger partial charge in [-0.1, -0.05) is 51.0 Å². The summed E-state index contributed by atoms with van der Waals surface area (Å²) in [6.45, 7) is 7.12. The summed E-state index contributed by atoms with van der Waals surface area (Å²) in [7, 11) is -2.87. The third-order valence-electron chi connectivity index (χ3n) is 8.37. The number of amides is 1. The van der Waals surface area contributed by atoms with Gasteiger partial charge in [-0.05, 0) is 61.7 Å². The van der Waals surface area contributed by atoms with E-state index in [0.717, 1.165) is 17.4 Å². The lowest BCUT2D eigenvalue weighted by molar-refractivity contribution is -0.149. The molecule has 0 aliphatic rings. The number of benzene rings is 3. The second kappa shape index (κ2) is 16.7.